The molecule has 0 aromatic heterocycles. The zero-order valence-electron chi connectivity index (χ0n) is 12.9. The largest absolute Gasteiger partial charge is 0.481 e. The molecule has 0 bridgehead atoms. The van der Waals surface area contributed by atoms with Crippen LogP contribution in [0.4, 0.5) is 4.79 Å². The number of hydrogen-bond acceptors (Lipinski definition) is 3. The van der Waals surface area contributed by atoms with Crippen LogP contribution >= 0.6 is 0 Å². The second-order valence-corrected chi connectivity index (χ2v) is 6.63. The number of carboxylic acids is 1. The SMILES string of the molecule is CC(C)(NC(=O)N1CCC(OCCC(=O)O)CC1)C1CC1. The Hall–Kier alpha value is -1.30. The van der Waals surface area contributed by atoms with Crippen molar-refractivity contribution < 1.29 is 19.4 Å². The van der Waals surface area contributed by atoms with E-state index in [0.717, 1.165) is 12.8 Å². The number of nitrogens with one attached hydrogen (secondary N) is 1. The molecule has 2 fully saturated rings. The summed E-state index contributed by atoms with van der Waals surface area (Å²) in [5.74, 6) is -0.229. The topological polar surface area (TPSA) is 78.9 Å². The molecule has 0 spiro atoms. The number of carbonyl (C=O) groups is 2. The van der Waals surface area contributed by atoms with E-state index < -0.39 is 5.97 Å². The normalized spacial score (nSPS) is 20.4. The number of piperidine rings is 1. The van der Waals surface area contributed by atoms with Crippen LogP contribution in [0.3, 0.4) is 0 Å². The number of urea groups is 1. The highest BCUT2D eigenvalue weighted by molar-refractivity contribution is 5.75. The predicted molar refractivity (Wildman–Crippen MR) is 78.1 cm³/mol. The maximum absolute atomic E-state index is 12.3. The molecule has 0 atom stereocenters. The lowest BCUT2D eigenvalue weighted by molar-refractivity contribution is -0.138. The van der Waals surface area contributed by atoms with Gasteiger partial charge in [0.15, 0.2) is 0 Å². The maximum Gasteiger partial charge on any atom is 0.317 e. The number of nitrogens with zero attached hydrogens (tertiary/aromatic N) is 1. The minimum atomic E-state index is -0.839. The van der Waals surface area contributed by atoms with Gasteiger partial charge in [0.2, 0.25) is 0 Å². The summed E-state index contributed by atoms with van der Waals surface area (Å²) in [6.45, 7) is 5.77. The molecule has 2 N–H and O–H groups in total. The summed E-state index contributed by atoms with van der Waals surface area (Å²) in [5.41, 5.74) is -0.119. The molecule has 1 saturated carbocycles. The molecule has 0 radical (unpaired) electrons. The van der Waals surface area contributed by atoms with E-state index >= 15 is 0 Å². The van der Waals surface area contributed by atoms with Crippen molar-refractivity contribution in [1.82, 2.24) is 10.2 Å². The van der Waals surface area contributed by atoms with Crippen molar-refractivity contribution in [3.05, 3.63) is 0 Å². The fraction of sp³-hybridized carbons (Fsp3) is 0.867. The Morgan fingerprint density at radius 2 is 1.86 bits per heavy atom. The van der Waals surface area contributed by atoms with Crippen molar-refractivity contribution >= 4 is 12.0 Å². The van der Waals surface area contributed by atoms with Gasteiger partial charge in [-0.25, -0.2) is 4.79 Å². The van der Waals surface area contributed by atoms with E-state index in [0.29, 0.717) is 19.0 Å². The van der Waals surface area contributed by atoms with Gasteiger partial charge in [-0.15, -0.1) is 0 Å². The Balaban J connectivity index is 1.68. The maximum atomic E-state index is 12.3. The first-order valence-corrected chi connectivity index (χ1v) is 7.79. The molecule has 0 aromatic rings. The monoisotopic (exact) mass is 298 g/mol. The van der Waals surface area contributed by atoms with Crippen LogP contribution in [0, 0.1) is 5.92 Å². The van der Waals surface area contributed by atoms with E-state index in [4.69, 9.17) is 9.84 Å². The summed E-state index contributed by atoms with van der Waals surface area (Å²) in [6.07, 6.45) is 4.06. The number of hydrogen-bond donors (Lipinski definition) is 2. The number of amides is 2. The highest BCUT2D eigenvalue weighted by Gasteiger charge is 2.39. The Bertz CT molecular complexity index is 385. The number of rotatable bonds is 6. The second kappa shape index (κ2) is 6.64. The molecule has 2 rings (SSSR count). The number of likely N-dealkylation sites (tertiary alicyclic amines) is 1. The molecule has 6 nitrogen and oxygen atoms in total. The van der Waals surface area contributed by atoms with E-state index in [2.05, 4.69) is 19.2 Å². The average molecular weight is 298 g/mol. The molecule has 1 aliphatic heterocycles. The first-order valence-electron chi connectivity index (χ1n) is 7.79. The molecule has 120 valence electrons. The summed E-state index contributed by atoms with van der Waals surface area (Å²) >= 11 is 0. The molecule has 0 aromatic carbocycles. The van der Waals surface area contributed by atoms with Crippen LogP contribution < -0.4 is 5.32 Å². The molecule has 1 saturated heterocycles. The fourth-order valence-electron chi connectivity index (χ4n) is 2.80. The third-order valence-corrected chi connectivity index (χ3v) is 4.43. The van der Waals surface area contributed by atoms with E-state index in [9.17, 15) is 9.59 Å². The standard InChI is InChI=1S/C15H26N2O4/c1-15(2,11-3-4-11)16-14(20)17-8-5-12(6-9-17)21-10-7-13(18)19/h11-12H,3-10H2,1-2H3,(H,16,20)(H,18,19). The molecule has 21 heavy (non-hydrogen) atoms. The van der Waals surface area contributed by atoms with Gasteiger partial charge in [-0.3, -0.25) is 4.79 Å². The smallest absolute Gasteiger partial charge is 0.317 e. The third kappa shape index (κ3) is 4.88. The van der Waals surface area contributed by atoms with Gasteiger partial charge >= 0.3 is 12.0 Å². The van der Waals surface area contributed by atoms with Crippen molar-refractivity contribution in [2.75, 3.05) is 19.7 Å². The van der Waals surface area contributed by atoms with Crippen LogP contribution in [-0.4, -0.2) is 53.3 Å². The summed E-state index contributed by atoms with van der Waals surface area (Å²) in [5, 5.41) is 11.7. The Kier molecular flexibility index (Phi) is 5.08. The van der Waals surface area contributed by atoms with Gasteiger partial charge < -0.3 is 20.1 Å². The summed E-state index contributed by atoms with van der Waals surface area (Å²) in [6, 6.07) is 0.0101. The molecular formula is C15H26N2O4. The van der Waals surface area contributed by atoms with Gasteiger partial charge in [-0.2, -0.15) is 0 Å². The first-order chi connectivity index (χ1) is 9.88. The number of carboxylic acid groups (broad SMARTS) is 1. The quantitative estimate of drug-likeness (QED) is 0.784. The van der Waals surface area contributed by atoms with Gasteiger partial charge in [0.1, 0.15) is 0 Å². The van der Waals surface area contributed by atoms with Gasteiger partial charge in [0.05, 0.1) is 19.1 Å². The number of aliphatic carboxylic acids is 1. The van der Waals surface area contributed by atoms with Crippen molar-refractivity contribution in [3.63, 3.8) is 0 Å². The molecular weight excluding hydrogens is 272 g/mol. The average Bonchev–Trinajstić information content (AvgIpc) is 3.23. The van der Waals surface area contributed by atoms with Crippen LogP contribution in [0.25, 0.3) is 0 Å². The second-order valence-electron chi connectivity index (χ2n) is 6.63. The molecule has 0 unspecified atom stereocenters. The van der Waals surface area contributed by atoms with Crippen molar-refractivity contribution in [2.24, 2.45) is 5.92 Å². The highest BCUT2D eigenvalue weighted by atomic mass is 16.5. The van der Waals surface area contributed by atoms with Crippen LogP contribution in [-0.2, 0) is 9.53 Å². The van der Waals surface area contributed by atoms with Crippen LogP contribution in [0.15, 0.2) is 0 Å². The lowest BCUT2D eigenvalue weighted by Gasteiger charge is -2.35. The van der Waals surface area contributed by atoms with E-state index in [1.165, 1.54) is 12.8 Å². The lowest BCUT2D eigenvalue weighted by atomic mass is 9.99. The summed E-state index contributed by atoms with van der Waals surface area (Å²) < 4.78 is 5.53. The van der Waals surface area contributed by atoms with Gasteiger partial charge in [-0.05, 0) is 45.4 Å². The van der Waals surface area contributed by atoms with Gasteiger partial charge in [-0.1, -0.05) is 0 Å². The van der Waals surface area contributed by atoms with Crippen LogP contribution in [0.2, 0.25) is 0 Å². The highest BCUT2D eigenvalue weighted by Crippen LogP contribution is 2.39. The van der Waals surface area contributed by atoms with Crippen LogP contribution in [0.1, 0.15) is 46.0 Å². The Morgan fingerprint density at radius 1 is 1.24 bits per heavy atom. The lowest BCUT2D eigenvalue weighted by Crippen LogP contribution is -2.53. The molecule has 2 aliphatic rings. The summed E-state index contributed by atoms with van der Waals surface area (Å²) in [7, 11) is 0. The molecule has 2 amide bonds. The molecule has 1 aliphatic carbocycles. The zero-order chi connectivity index (χ0) is 15.5. The zero-order valence-corrected chi connectivity index (χ0v) is 12.9. The van der Waals surface area contributed by atoms with E-state index in [-0.39, 0.29) is 30.7 Å². The van der Waals surface area contributed by atoms with Crippen molar-refractivity contribution in [3.8, 4) is 0 Å². The Morgan fingerprint density at radius 3 is 2.38 bits per heavy atom. The minimum absolute atomic E-state index is 0.0101. The summed E-state index contributed by atoms with van der Waals surface area (Å²) in [4.78, 5) is 24.5. The molecule has 1 heterocycles. The molecule has 6 heteroatoms. The van der Waals surface area contributed by atoms with Crippen molar-refractivity contribution in [2.45, 2.75) is 57.6 Å². The number of ether oxygens (including phenoxy) is 1. The fourth-order valence-corrected chi connectivity index (χ4v) is 2.80. The van der Waals surface area contributed by atoms with Crippen molar-refractivity contribution in [1.29, 1.82) is 0 Å². The van der Waals surface area contributed by atoms with Crippen LogP contribution in [0.5, 0.6) is 0 Å². The van der Waals surface area contributed by atoms with Gasteiger partial charge in [0, 0.05) is 18.6 Å². The first kappa shape index (κ1) is 16.1. The minimum Gasteiger partial charge on any atom is -0.481 e. The third-order valence-electron chi connectivity index (χ3n) is 4.43. The predicted octanol–water partition coefficient (Wildman–Crippen LogP) is 1.84. The van der Waals surface area contributed by atoms with Gasteiger partial charge in [0.25, 0.3) is 0 Å². The van der Waals surface area contributed by atoms with E-state index in [1.807, 2.05) is 4.90 Å². The Labute approximate surface area is 125 Å². The van der Waals surface area contributed by atoms with E-state index in [1.54, 1.807) is 0 Å². The number of carbonyl (C=O) groups excluding carboxylic acids is 1.